The molecule has 0 aliphatic carbocycles. The monoisotopic (exact) mass is 312 g/mol. The van der Waals surface area contributed by atoms with Crippen LogP contribution in [0, 0.1) is 5.92 Å². The van der Waals surface area contributed by atoms with E-state index in [1.807, 2.05) is 24.3 Å². The topological polar surface area (TPSA) is 50.4 Å². The van der Waals surface area contributed by atoms with Crippen molar-refractivity contribution < 1.29 is 9.53 Å². The predicted octanol–water partition coefficient (Wildman–Crippen LogP) is 2.26. The van der Waals surface area contributed by atoms with Gasteiger partial charge in [0.25, 0.3) is 0 Å². The van der Waals surface area contributed by atoms with Crippen molar-refractivity contribution in [3.8, 4) is 0 Å². The van der Waals surface area contributed by atoms with Gasteiger partial charge in [0.2, 0.25) is 5.91 Å². The van der Waals surface area contributed by atoms with Gasteiger partial charge in [0.05, 0.1) is 6.61 Å². The van der Waals surface area contributed by atoms with Crippen molar-refractivity contribution in [2.45, 2.75) is 32.4 Å². The fourth-order valence-electron chi connectivity index (χ4n) is 2.60. The van der Waals surface area contributed by atoms with Gasteiger partial charge in [0.1, 0.15) is 0 Å². The zero-order valence-corrected chi connectivity index (χ0v) is 13.4. The van der Waals surface area contributed by atoms with E-state index in [-0.39, 0.29) is 18.3 Å². The molecule has 5 heteroatoms. The molecule has 2 rings (SSSR count). The van der Waals surface area contributed by atoms with Gasteiger partial charge in [-0.25, -0.2) is 0 Å². The first kappa shape index (κ1) is 18.0. The van der Waals surface area contributed by atoms with Crippen molar-refractivity contribution in [1.29, 1.82) is 0 Å². The normalized spacial score (nSPS) is 17.3. The van der Waals surface area contributed by atoms with Crippen LogP contribution in [0.1, 0.15) is 30.4 Å². The molecule has 0 radical (unpaired) electrons. The molecule has 1 unspecified atom stereocenters. The van der Waals surface area contributed by atoms with Gasteiger partial charge in [0.15, 0.2) is 0 Å². The average molecular weight is 313 g/mol. The Morgan fingerprint density at radius 3 is 2.81 bits per heavy atom. The molecular formula is C16H25ClN2O2. The molecule has 0 spiro atoms. The van der Waals surface area contributed by atoms with Crippen LogP contribution in [0.3, 0.4) is 0 Å². The van der Waals surface area contributed by atoms with E-state index in [1.54, 1.807) is 7.11 Å². The highest BCUT2D eigenvalue weighted by atomic mass is 35.5. The van der Waals surface area contributed by atoms with Crippen molar-refractivity contribution in [1.82, 2.24) is 10.6 Å². The van der Waals surface area contributed by atoms with E-state index in [9.17, 15) is 4.79 Å². The quantitative estimate of drug-likeness (QED) is 0.812. The van der Waals surface area contributed by atoms with Crippen molar-refractivity contribution in [3.05, 3.63) is 35.4 Å². The van der Waals surface area contributed by atoms with Gasteiger partial charge in [-0.1, -0.05) is 24.3 Å². The molecule has 0 aromatic heterocycles. The summed E-state index contributed by atoms with van der Waals surface area (Å²) in [4.78, 5) is 11.9. The Balaban J connectivity index is 0.00000220. The third-order valence-electron chi connectivity index (χ3n) is 3.84. The highest BCUT2D eigenvalue weighted by molar-refractivity contribution is 5.85. The lowest BCUT2D eigenvalue weighted by molar-refractivity contribution is -0.121. The van der Waals surface area contributed by atoms with Gasteiger partial charge >= 0.3 is 0 Å². The molecule has 1 heterocycles. The van der Waals surface area contributed by atoms with E-state index < -0.39 is 0 Å². The third-order valence-corrected chi connectivity index (χ3v) is 3.84. The van der Waals surface area contributed by atoms with Crippen LogP contribution in [-0.4, -0.2) is 26.1 Å². The van der Waals surface area contributed by atoms with E-state index in [0.717, 1.165) is 30.6 Å². The number of ether oxygens (including phenoxy) is 1. The van der Waals surface area contributed by atoms with Crippen LogP contribution in [0.2, 0.25) is 0 Å². The Morgan fingerprint density at radius 1 is 1.38 bits per heavy atom. The Morgan fingerprint density at radius 2 is 2.14 bits per heavy atom. The lowest BCUT2D eigenvalue weighted by Gasteiger charge is -2.11. The molecule has 1 aliphatic heterocycles. The number of halogens is 1. The number of carbonyl (C=O) groups excluding carboxylic acids is 1. The van der Waals surface area contributed by atoms with E-state index in [0.29, 0.717) is 25.5 Å². The van der Waals surface area contributed by atoms with Crippen LogP contribution < -0.4 is 10.6 Å². The number of carbonyl (C=O) groups is 1. The summed E-state index contributed by atoms with van der Waals surface area (Å²) in [5.41, 5.74) is 2.26. The maximum atomic E-state index is 11.9. The van der Waals surface area contributed by atoms with Crippen LogP contribution in [0.5, 0.6) is 0 Å². The molecule has 1 atom stereocenters. The van der Waals surface area contributed by atoms with Crippen molar-refractivity contribution in [2.75, 3.05) is 20.2 Å². The van der Waals surface area contributed by atoms with Crippen molar-refractivity contribution >= 4 is 18.3 Å². The number of hydrogen-bond donors (Lipinski definition) is 2. The lowest BCUT2D eigenvalue weighted by Crippen LogP contribution is -2.24. The summed E-state index contributed by atoms with van der Waals surface area (Å²) < 4.78 is 5.17. The molecule has 0 bridgehead atoms. The Kier molecular flexibility index (Phi) is 8.35. The van der Waals surface area contributed by atoms with Crippen LogP contribution in [0.15, 0.2) is 24.3 Å². The number of amides is 1. The third kappa shape index (κ3) is 6.04. The van der Waals surface area contributed by atoms with Gasteiger partial charge in [-0.3, -0.25) is 4.79 Å². The first-order chi connectivity index (χ1) is 9.79. The van der Waals surface area contributed by atoms with Gasteiger partial charge in [0, 0.05) is 20.1 Å². The molecular weight excluding hydrogens is 288 g/mol. The largest absolute Gasteiger partial charge is 0.380 e. The number of hydrogen-bond acceptors (Lipinski definition) is 3. The standard InChI is InChI=1S/C16H24N2O2.ClH/c1-20-12-15-5-3-2-4-14(15)11-18-16(19)7-6-13-8-9-17-10-13;/h2-5,13,17H,6-12H2,1H3,(H,18,19);1H. The lowest BCUT2D eigenvalue weighted by atomic mass is 10.0. The van der Waals surface area contributed by atoms with Crippen LogP contribution in [-0.2, 0) is 22.7 Å². The number of benzene rings is 1. The summed E-state index contributed by atoms with van der Waals surface area (Å²) in [6.07, 6.45) is 2.81. The second-order valence-electron chi connectivity index (χ2n) is 5.38. The molecule has 1 saturated heterocycles. The van der Waals surface area contributed by atoms with Gasteiger partial charge < -0.3 is 15.4 Å². The Hall–Kier alpha value is -1.10. The Labute approximate surface area is 133 Å². The molecule has 1 aromatic rings. The second-order valence-corrected chi connectivity index (χ2v) is 5.38. The summed E-state index contributed by atoms with van der Waals surface area (Å²) >= 11 is 0. The minimum Gasteiger partial charge on any atom is -0.380 e. The SMILES string of the molecule is COCc1ccccc1CNC(=O)CCC1CCNC1.Cl. The molecule has 4 nitrogen and oxygen atoms in total. The average Bonchev–Trinajstić information content (AvgIpc) is 2.98. The van der Waals surface area contributed by atoms with Crippen molar-refractivity contribution in [3.63, 3.8) is 0 Å². The van der Waals surface area contributed by atoms with Gasteiger partial charge in [-0.15, -0.1) is 12.4 Å². The summed E-state index contributed by atoms with van der Waals surface area (Å²) in [7, 11) is 1.69. The van der Waals surface area contributed by atoms with Crippen LogP contribution >= 0.6 is 12.4 Å². The van der Waals surface area contributed by atoms with Gasteiger partial charge in [-0.05, 0) is 43.0 Å². The maximum absolute atomic E-state index is 11.9. The zero-order valence-electron chi connectivity index (χ0n) is 12.6. The van der Waals surface area contributed by atoms with E-state index in [1.165, 1.54) is 6.42 Å². The zero-order chi connectivity index (χ0) is 14.2. The first-order valence-electron chi connectivity index (χ1n) is 7.32. The molecule has 2 N–H and O–H groups in total. The van der Waals surface area contributed by atoms with E-state index in [4.69, 9.17) is 4.74 Å². The van der Waals surface area contributed by atoms with E-state index >= 15 is 0 Å². The molecule has 0 saturated carbocycles. The fraction of sp³-hybridized carbons (Fsp3) is 0.562. The highest BCUT2D eigenvalue weighted by Crippen LogP contribution is 2.14. The first-order valence-corrected chi connectivity index (χ1v) is 7.32. The van der Waals surface area contributed by atoms with Crippen molar-refractivity contribution in [2.24, 2.45) is 5.92 Å². The van der Waals surface area contributed by atoms with Crippen LogP contribution in [0.4, 0.5) is 0 Å². The van der Waals surface area contributed by atoms with Crippen LogP contribution in [0.25, 0.3) is 0 Å². The number of rotatable bonds is 7. The van der Waals surface area contributed by atoms with Gasteiger partial charge in [-0.2, -0.15) is 0 Å². The Bertz CT molecular complexity index is 434. The number of nitrogens with one attached hydrogen (secondary N) is 2. The highest BCUT2D eigenvalue weighted by Gasteiger charge is 2.15. The smallest absolute Gasteiger partial charge is 0.220 e. The second kappa shape index (κ2) is 9.77. The molecule has 118 valence electrons. The minimum atomic E-state index is 0. The number of methoxy groups -OCH3 is 1. The predicted molar refractivity (Wildman–Crippen MR) is 86.5 cm³/mol. The minimum absolute atomic E-state index is 0. The molecule has 21 heavy (non-hydrogen) atoms. The summed E-state index contributed by atoms with van der Waals surface area (Å²) in [5, 5.41) is 6.34. The van der Waals surface area contributed by atoms with E-state index in [2.05, 4.69) is 10.6 Å². The summed E-state index contributed by atoms with van der Waals surface area (Å²) in [6.45, 7) is 3.32. The summed E-state index contributed by atoms with van der Waals surface area (Å²) in [5.74, 6) is 0.811. The molecule has 1 aromatic carbocycles. The fourth-order valence-corrected chi connectivity index (χ4v) is 2.60. The molecule has 1 aliphatic rings. The molecule has 1 fully saturated rings. The summed E-state index contributed by atoms with van der Waals surface area (Å²) in [6, 6.07) is 8.06. The maximum Gasteiger partial charge on any atom is 0.220 e. The molecule has 1 amide bonds.